The molecule has 0 unspecified atom stereocenters. The summed E-state index contributed by atoms with van der Waals surface area (Å²) in [6.07, 6.45) is 1.84. The number of β-amino-alcohol motifs (C(OH)–C–C–N with tert-alkyl or cyclic N) is 1. The van der Waals surface area contributed by atoms with Crippen LogP contribution < -0.4 is 31.3 Å². The number of nitrogens with zero attached hydrogens (tertiary/aromatic N) is 3. The van der Waals surface area contributed by atoms with E-state index in [0.717, 1.165) is 50.5 Å². The van der Waals surface area contributed by atoms with Crippen molar-refractivity contribution < 1.29 is 98.7 Å². The number of aromatic nitrogens is 1. The van der Waals surface area contributed by atoms with Crippen LogP contribution in [0.2, 0.25) is 0 Å². The number of primary amides is 1. The molecule has 0 spiro atoms. The number of anilines is 1. The molecule has 0 radical (unpaired) electrons. The third-order valence-corrected chi connectivity index (χ3v) is 22.8. The second-order valence-electron chi connectivity index (χ2n) is 32.0. The quantitative estimate of drug-likeness (QED) is 0.00817. The number of halogens is 3. The van der Waals surface area contributed by atoms with Crippen LogP contribution in [0.1, 0.15) is 172 Å². The van der Waals surface area contributed by atoms with E-state index in [2.05, 4.69) is 20.9 Å². The zero-order valence-corrected chi connectivity index (χ0v) is 66.7. The Kier molecular flexibility index (Phi) is 28.3. The molecule has 9 rings (SSSR count). The van der Waals surface area contributed by atoms with E-state index < -0.39 is 150 Å². The van der Waals surface area contributed by atoms with E-state index in [0.29, 0.717) is 54.0 Å². The van der Waals surface area contributed by atoms with Gasteiger partial charge in [-0.2, -0.15) is 8.78 Å². The van der Waals surface area contributed by atoms with E-state index in [1.54, 1.807) is 40.1 Å². The largest absolute Gasteiger partial charge is 0.491 e. The lowest BCUT2D eigenvalue weighted by molar-refractivity contribution is -0.163. The van der Waals surface area contributed by atoms with Crippen LogP contribution in [0, 0.1) is 29.1 Å². The number of hydrogen-bond donors (Lipinski definition) is 5. The van der Waals surface area contributed by atoms with Crippen molar-refractivity contribution in [3.63, 3.8) is 0 Å². The van der Waals surface area contributed by atoms with Crippen LogP contribution >= 0.6 is 18.9 Å². The minimum Gasteiger partial charge on any atom is -0.491 e. The van der Waals surface area contributed by atoms with Crippen LogP contribution in [0.15, 0.2) is 96.5 Å². The topological polar surface area (TPSA) is 337 Å². The molecule has 30 heteroatoms. The Morgan fingerprint density at radius 2 is 1.48 bits per heavy atom. The predicted octanol–water partition coefficient (Wildman–Crippen LogP) is 11.4. The van der Waals surface area contributed by atoms with E-state index in [4.69, 9.17) is 38.5 Å². The minimum atomic E-state index is -5.61. The fourth-order valence-corrected chi connectivity index (χ4v) is 15.2. The van der Waals surface area contributed by atoms with Gasteiger partial charge in [0, 0.05) is 62.4 Å². The van der Waals surface area contributed by atoms with Crippen molar-refractivity contribution in [2.24, 2.45) is 27.9 Å². The third kappa shape index (κ3) is 22.2. The molecule has 1 saturated heterocycles. The Labute approximate surface area is 649 Å². The Morgan fingerprint density at radius 1 is 0.829 bits per heavy atom. The van der Waals surface area contributed by atoms with Gasteiger partial charge in [0.2, 0.25) is 43.1 Å². The number of aliphatic hydroxyl groups is 1. The molecule has 4 aliphatic rings. The van der Waals surface area contributed by atoms with Crippen LogP contribution in [0.25, 0.3) is 16.0 Å². The summed E-state index contributed by atoms with van der Waals surface area (Å²) < 4.78 is 99.9. The van der Waals surface area contributed by atoms with Crippen LogP contribution in [-0.2, 0) is 114 Å². The number of esters is 2. The van der Waals surface area contributed by atoms with Crippen molar-refractivity contribution in [2.45, 2.75) is 215 Å². The number of amides is 6. The van der Waals surface area contributed by atoms with E-state index in [1.807, 2.05) is 67.6 Å². The molecule has 6 N–H and O–H groups in total. The number of hydrogen-bond acceptors (Lipinski definition) is 20. The average molecular weight is 1580 g/mol. The number of aliphatic hydroxyl groups excluding tert-OH is 1. The molecule has 7 atom stereocenters. The molecule has 0 bridgehead atoms. The molecule has 1 aromatic heterocycles. The number of benzene rings is 4. The molecule has 1 saturated carbocycles. The summed E-state index contributed by atoms with van der Waals surface area (Å²) >= 11 is 1.48. The standard InChI is InChI=1S/C81H103F3N7O18PS/c1-48(53-26-28-59(29-27-53)81(83,84)110(102,108-46-106-75(100)78(7,8)9)109-47-107-76(101)79(10,11)12)37-60(92)38-57-24-22-54-16-13-17-55-39-64(91(67(54)55)72(57)97)71(96)88-62(30-31-66(85)94)50(3)105-44-52-20-18-51(19-21-52)15-14-34-103-35-36-104-65-40-56(68-49(2)87-45-111-68)23-25-58(65)42-86-70(95)63-41-61(93)43-90(63)73(98)69(77(4,5)6)89-74(99)80(82)32-33-80/h13,16-21,23,25-29,37,40,45,50,57,61-64,69,93H,14-15,22,24,30-36,38-39,41-44,46-47H2,1-12H3,(H2,85,94)(H,86,95)(H,88,96)(H,89,99)/b48-37+/t50-,57-,61-,62+,63+,64+,69-/m1/s1. The number of rotatable bonds is 36. The molecular weight excluding hydrogens is 1480 g/mol. The van der Waals surface area contributed by atoms with Crippen LogP contribution in [0.4, 0.5) is 18.9 Å². The normalized spacial score (nSPS) is 18.6. The maximum absolute atomic E-state index is 16.3. The molecule has 602 valence electrons. The highest BCUT2D eigenvalue weighted by Crippen LogP contribution is 2.67. The molecule has 5 aromatic rings. The first-order chi connectivity index (χ1) is 52.2. The number of aryl methyl sites for hydroxylation is 3. The molecular formula is C81H103F3N7O18PS. The monoisotopic (exact) mass is 1580 g/mol. The third-order valence-electron chi connectivity index (χ3n) is 20.0. The number of thiazole rings is 1. The molecule has 1 aliphatic carbocycles. The van der Waals surface area contributed by atoms with E-state index in [-0.39, 0.29) is 84.3 Å². The number of alkyl halides is 3. The number of likely N-dealkylation sites (tertiary alicyclic amines) is 1. The lowest BCUT2D eigenvalue weighted by Gasteiger charge is -2.35. The minimum absolute atomic E-state index is 0.0229. The number of carbonyl (C=O) groups is 9. The molecule has 111 heavy (non-hydrogen) atoms. The summed E-state index contributed by atoms with van der Waals surface area (Å²) in [6.45, 7) is 18.1. The fraction of sp³-hybridized carbons (Fsp3) is 0.531. The van der Waals surface area contributed by atoms with Gasteiger partial charge in [-0.15, -0.1) is 11.3 Å². The smallest absolute Gasteiger partial charge is 0.410 e. The van der Waals surface area contributed by atoms with E-state index in [9.17, 15) is 57.2 Å². The SMILES string of the molecule is C/C(=C\C(=O)C[C@H]1CCc2cccc3c2N(C1=O)[C@H](C(=O)N[C@@H](CCC(N)=O)[C@@H](C)OCc1ccc(CCCOCCOc2cc(-c4scnc4C)ccc2CNC(=O)[C@@H]2C[C@@H](O)CN2C(=O)[C@@H](NC(=O)C2(F)CC2)C(C)(C)C)cc1)C3)c1ccc(C(F)(F)P(=O)(OCOC(=O)C(C)(C)C)OCOC(=O)C(C)(C)C)cc1. The van der Waals surface area contributed by atoms with E-state index in [1.165, 1.54) is 80.9 Å². The van der Waals surface area contributed by atoms with Gasteiger partial charge in [-0.25, -0.2) is 9.37 Å². The zero-order chi connectivity index (χ0) is 81.1. The van der Waals surface area contributed by atoms with Gasteiger partial charge < -0.3 is 55.4 Å². The first-order valence-electron chi connectivity index (χ1n) is 37.3. The highest BCUT2D eigenvalue weighted by molar-refractivity contribution is 7.54. The second-order valence-corrected chi connectivity index (χ2v) is 34.9. The summed E-state index contributed by atoms with van der Waals surface area (Å²) in [4.78, 5) is 129. The predicted molar refractivity (Wildman–Crippen MR) is 408 cm³/mol. The lowest BCUT2D eigenvalue weighted by Crippen LogP contribution is -2.59. The van der Waals surface area contributed by atoms with Crippen LogP contribution in [-0.4, -0.2) is 150 Å². The Morgan fingerprint density at radius 3 is 2.09 bits per heavy atom. The molecule has 25 nitrogen and oxygen atoms in total. The van der Waals surface area contributed by atoms with Gasteiger partial charge in [0.1, 0.15) is 30.5 Å². The highest BCUT2D eigenvalue weighted by Gasteiger charge is 2.57. The second kappa shape index (κ2) is 36.4. The van der Waals surface area contributed by atoms with Gasteiger partial charge in [0.25, 0.3) is 5.91 Å². The summed E-state index contributed by atoms with van der Waals surface area (Å²) in [5.74, 6) is -5.97. The number of nitrogens with one attached hydrogen (secondary N) is 3. The van der Waals surface area contributed by atoms with Gasteiger partial charge in [-0.3, -0.25) is 61.7 Å². The number of ketones is 1. The molecule has 3 aliphatic heterocycles. The van der Waals surface area contributed by atoms with Crippen molar-refractivity contribution in [1.82, 2.24) is 25.8 Å². The van der Waals surface area contributed by atoms with Gasteiger partial charge in [0.05, 0.1) is 64.1 Å². The van der Waals surface area contributed by atoms with Crippen molar-refractivity contribution in [3.8, 4) is 16.2 Å². The number of carbonyl (C=O) groups excluding carboxylic acids is 9. The Balaban J connectivity index is 0.757. The number of allylic oxidation sites excluding steroid dienone is 2. The summed E-state index contributed by atoms with van der Waals surface area (Å²) in [5, 5.41) is 19.3. The Bertz CT molecular complexity index is 4270. The van der Waals surface area contributed by atoms with Crippen molar-refractivity contribution in [2.75, 3.05) is 44.9 Å². The van der Waals surface area contributed by atoms with E-state index >= 15 is 8.78 Å². The van der Waals surface area contributed by atoms with Crippen molar-refractivity contribution in [3.05, 3.63) is 141 Å². The number of para-hydroxylation sites is 1. The van der Waals surface area contributed by atoms with Gasteiger partial charge in [-0.05, 0) is 164 Å². The average Bonchev–Trinajstić information content (AvgIpc) is 1.61. The van der Waals surface area contributed by atoms with Crippen LogP contribution in [0.3, 0.4) is 0 Å². The van der Waals surface area contributed by atoms with Gasteiger partial charge in [0.15, 0.2) is 11.5 Å². The number of nitrogens with two attached hydrogens (primary N) is 1. The van der Waals surface area contributed by atoms with Crippen molar-refractivity contribution in [1.29, 1.82) is 0 Å². The number of ether oxygens (including phenoxy) is 5. The lowest BCUT2D eigenvalue weighted by atomic mass is 9.85. The Hall–Kier alpha value is -8.70. The maximum atomic E-state index is 16.3. The van der Waals surface area contributed by atoms with Crippen molar-refractivity contribution >= 4 is 83.4 Å². The van der Waals surface area contributed by atoms with Gasteiger partial charge in [-0.1, -0.05) is 99.6 Å². The summed E-state index contributed by atoms with van der Waals surface area (Å²) in [5.41, 5.74) is 4.33. The first-order valence-corrected chi connectivity index (χ1v) is 39.8. The summed E-state index contributed by atoms with van der Waals surface area (Å²) in [6, 6.07) is 19.6. The zero-order valence-electron chi connectivity index (χ0n) is 65.0. The summed E-state index contributed by atoms with van der Waals surface area (Å²) in [7, 11) is -5.61. The molecule has 6 amide bonds. The fourth-order valence-electron chi connectivity index (χ4n) is 13.1. The van der Waals surface area contributed by atoms with Crippen LogP contribution in [0.5, 0.6) is 5.75 Å². The molecule has 4 aromatic carbocycles. The highest BCUT2D eigenvalue weighted by atomic mass is 32.1. The molecule has 4 heterocycles. The maximum Gasteiger partial charge on any atom is 0.410 e. The molecule has 2 fully saturated rings. The van der Waals surface area contributed by atoms with Gasteiger partial charge >= 0.3 is 25.2 Å². The first kappa shape index (κ1) is 86.3.